The lowest BCUT2D eigenvalue weighted by Crippen LogP contribution is -2.34. The van der Waals surface area contributed by atoms with Gasteiger partial charge in [0.1, 0.15) is 5.82 Å². The molecule has 1 nitrogen and oxygen atoms in total. The van der Waals surface area contributed by atoms with Crippen LogP contribution in [0.25, 0.3) is 0 Å². The van der Waals surface area contributed by atoms with Gasteiger partial charge in [0.2, 0.25) is 0 Å². The molecule has 0 radical (unpaired) electrons. The van der Waals surface area contributed by atoms with E-state index in [-0.39, 0.29) is 5.82 Å². The normalized spacial score (nSPS) is 19.6. The van der Waals surface area contributed by atoms with Crippen LogP contribution in [-0.4, -0.2) is 5.11 Å². The summed E-state index contributed by atoms with van der Waals surface area (Å²) in [6, 6.07) is 4.61. The Labute approximate surface area is 77.2 Å². The minimum atomic E-state index is -0.744. The van der Waals surface area contributed by atoms with Crippen LogP contribution in [0.4, 0.5) is 4.39 Å². The van der Waals surface area contributed by atoms with Gasteiger partial charge in [0.15, 0.2) is 0 Å². The molecule has 2 rings (SSSR count). The molecule has 0 aliphatic heterocycles. The topological polar surface area (TPSA) is 20.2 Å². The van der Waals surface area contributed by atoms with E-state index in [1.807, 2.05) is 6.92 Å². The van der Waals surface area contributed by atoms with Crippen molar-refractivity contribution < 1.29 is 9.50 Å². The molecule has 0 spiro atoms. The third-order valence-electron chi connectivity index (χ3n) is 2.88. The zero-order valence-corrected chi connectivity index (χ0v) is 7.68. The summed E-state index contributed by atoms with van der Waals surface area (Å²) in [7, 11) is 0. The summed E-state index contributed by atoms with van der Waals surface area (Å²) in [5.74, 6) is -0.263. The number of aliphatic hydroxyl groups is 1. The summed E-state index contributed by atoms with van der Waals surface area (Å²) in [6.45, 7) is 1.91. The fourth-order valence-electron chi connectivity index (χ4n) is 1.88. The molecule has 0 unspecified atom stereocenters. The van der Waals surface area contributed by atoms with E-state index >= 15 is 0 Å². The first kappa shape index (κ1) is 8.70. The molecule has 13 heavy (non-hydrogen) atoms. The van der Waals surface area contributed by atoms with Crippen LogP contribution >= 0.6 is 0 Å². The Bertz CT molecular complexity index is 329. The van der Waals surface area contributed by atoms with Gasteiger partial charge >= 0.3 is 0 Å². The molecule has 0 atom stereocenters. The molecule has 1 aliphatic rings. The molecule has 1 saturated carbocycles. The number of benzene rings is 1. The molecule has 70 valence electrons. The lowest BCUT2D eigenvalue weighted by molar-refractivity contribution is -0.0395. The Morgan fingerprint density at radius 2 is 2.08 bits per heavy atom. The van der Waals surface area contributed by atoms with E-state index in [1.165, 1.54) is 12.1 Å². The predicted molar refractivity (Wildman–Crippen MR) is 48.9 cm³/mol. The smallest absolute Gasteiger partial charge is 0.123 e. The molecule has 1 aromatic rings. The van der Waals surface area contributed by atoms with E-state index in [0.717, 1.165) is 30.4 Å². The molecule has 0 amide bonds. The summed E-state index contributed by atoms with van der Waals surface area (Å²) >= 11 is 0. The van der Waals surface area contributed by atoms with Crippen molar-refractivity contribution in [3.63, 3.8) is 0 Å². The number of rotatable bonds is 1. The van der Waals surface area contributed by atoms with Crippen molar-refractivity contribution in [1.29, 1.82) is 0 Å². The standard InChI is InChI=1S/C11H13FO/c1-8-3-4-9(12)7-10(8)11(13)5-2-6-11/h3-4,7,13H,2,5-6H2,1H3. The summed E-state index contributed by atoms with van der Waals surface area (Å²) < 4.78 is 12.9. The van der Waals surface area contributed by atoms with Gasteiger partial charge in [0, 0.05) is 0 Å². The predicted octanol–water partition coefficient (Wildman–Crippen LogP) is 2.51. The second-order valence-corrected chi connectivity index (χ2v) is 3.84. The first-order chi connectivity index (χ1) is 6.12. The molecule has 1 aromatic carbocycles. The van der Waals surface area contributed by atoms with Crippen molar-refractivity contribution in [3.05, 3.63) is 35.1 Å². The monoisotopic (exact) mass is 180 g/mol. The first-order valence-corrected chi connectivity index (χ1v) is 4.61. The van der Waals surface area contributed by atoms with Gasteiger partial charge < -0.3 is 5.11 Å². The first-order valence-electron chi connectivity index (χ1n) is 4.61. The molecule has 1 aliphatic carbocycles. The minimum Gasteiger partial charge on any atom is -0.385 e. The summed E-state index contributed by atoms with van der Waals surface area (Å²) in [6.07, 6.45) is 2.56. The van der Waals surface area contributed by atoms with Crippen LogP contribution in [0.5, 0.6) is 0 Å². The minimum absolute atomic E-state index is 0.263. The zero-order chi connectivity index (χ0) is 9.47. The number of hydrogen-bond donors (Lipinski definition) is 1. The molecular formula is C11H13FO. The molecular weight excluding hydrogens is 167 g/mol. The largest absolute Gasteiger partial charge is 0.385 e. The zero-order valence-electron chi connectivity index (χ0n) is 7.68. The second-order valence-electron chi connectivity index (χ2n) is 3.84. The highest BCUT2D eigenvalue weighted by atomic mass is 19.1. The van der Waals surface area contributed by atoms with E-state index in [0.29, 0.717) is 0 Å². The van der Waals surface area contributed by atoms with Crippen molar-refractivity contribution in [2.45, 2.75) is 31.8 Å². The lowest BCUT2D eigenvalue weighted by Gasteiger charge is -2.38. The Hall–Kier alpha value is -0.890. The third-order valence-corrected chi connectivity index (χ3v) is 2.88. The molecule has 0 bridgehead atoms. The highest BCUT2D eigenvalue weighted by Gasteiger charge is 2.37. The van der Waals surface area contributed by atoms with Gasteiger partial charge in [-0.2, -0.15) is 0 Å². The molecule has 1 N–H and O–H groups in total. The van der Waals surface area contributed by atoms with Gasteiger partial charge in [0.05, 0.1) is 5.60 Å². The summed E-state index contributed by atoms with van der Waals surface area (Å²) in [5, 5.41) is 10.0. The number of halogens is 1. The Morgan fingerprint density at radius 1 is 1.38 bits per heavy atom. The Kier molecular flexibility index (Phi) is 1.88. The molecule has 0 heterocycles. The van der Waals surface area contributed by atoms with Crippen molar-refractivity contribution in [2.75, 3.05) is 0 Å². The van der Waals surface area contributed by atoms with Crippen LogP contribution in [0.15, 0.2) is 18.2 Å². The van der Waals surface area contributed by atoms with Crippen LogP contribution in [0, 0.1) is 12.7 Å². The van der Waals surface area contributed by atoms with E-state index in [9.17, 15) is 9.50 Å². The van der Waals surface area contributed by atoms with Crippen LogP contribution < -0.4 is 0 Å². The van der Waals surface area contributed by atoms with Crippen molar-refractivity contribution in [1.82, 2.24) is 0 Å². The fraction of sp³-hybridized carbons (Fsp3) is 0.455. The van der Waals surface area contributed by atoms with Gasteiger partial charge in [0.25, 0.3) is 0 Å². The van der Waals surface area contributed by atoms with Gasteiger partial charge in [-0.1, -0.05) is 6.07 Å². The van der Waals surface area contributed by atoms with Crippen LogP contribution in [0.2, 0.25) is 0 Å². The van der Waals surface area contributed by atoms with Gasteiger partial charge in [-0.05, 0) is 49.4 Å². The van der Waals surface area contributed by atoms with Crippen LogP contribution in [0.1, 0.15) is 30.4 Å². The maximum absolute atomic E-state index is 12.9. The van der Waals surface area contributed by atoms with E-state index in [2.05, 4.69) is 0 Å². The Balaban J connectivity index is 2.43. The average molecular weight is 180 g/mol. The molecule has 0 saturated heterocycles. The maximum Gasteiger partial charge on any atom is 0.123 e. The van der Waals surface area contributed by atoms with E-state index in [1.54, 1.807) is 6.07 Å². The average Bonchev–Trinajstić information content (AvgIpc) is 2.05. The molecule has 2 heteroatoms. The van der Waals surface area contributed by atoms with Gasteiger partial charge in [-0.15, -0.1) is 0 Å². The highest BCUT2D eigenvalue weighted by Crippen LogP contribution is 2.42. The maximum atomic E-state index is 12.9. The lowest BCUT2D eigenvalue weighted by atomic mass is 9.74. The van der Waals surface area contributed by atoms with Crippen molar-refractivity contribution >= 4 is 0 Å². The van der Waals surface area contributed by atoms with Crippen LogP contribution in [0.3, 0.4) is 0 Å². The fourth-order valence-corrected chi connectivity index (χ4v) is 1.88. The quantitative estimate of drug-likeness (QED) is 0.704. The second kappa shape index (κ2) is 2.81. The number of aryl methyl sites for hydroxylation is 1. The van der Waals surface area contributed by atoms with Crippen LogP contribution in [-0.2, 0) is 5.60 Å². The summed E-state index contributed by atoms with van der Waals surface area (Å²) in [4.78, 5) is 0. The van der Waals surface area contributed by atoms with Crippen molar-refractivity contribution in [2.24, 2.45) is 0 Å². The third kappa shape index (κ3) is 1.35. The SMILES string of the molecule is Cc1ccc(F)cc1C1(O)CCC1. The number of hydrogen-bond acceptors (Lipinski definition) is 1. The van der Waals surface area contributed by atoms with Gasteiger partial charge in [-0.3, -0.25) is 0 Å². The molecule has 0 aromatic heterocycles. The van der Waals surface area contributed by atoms with Crippen molar-refractivity contribution in [3.8, 4) is 0 Å². The van der Waals surface area contributed by atoms with Gasteiger partial charge in [-0.25, -0.2) is 4.39 Å². The van der Waals surface area contributed by atoms with E-state index < -0.39 is 5.60 Å². The Morgan fingerprint density at radius 3 is 2.62 bits per heavy atom. The van der Waals surface area contributed by atoms with E-state index in [4.69, 9.17) is 0 Å². The highest BCUT2D eigenvalue weighted by molar-refractivity contribution is 5.33. The molecule has 1 fully saturated rings. The summed E-state index contributed by atoms with van der Waals surface area (Å²) in [5.41, 5.74) is 0.994.